The Labute approximate surface area is 85.8 Å². The normalized spacial score (nSPS) is 10.7. The van der Waals surface area contributed by atoms with Crippen LogP contribution in [0.1, 0.15) is 12.2 Å². The first-order valence-corrected chi connectivity index (χ1v) is 4.58. The second-order valence-electron chi connectivity index (χ2n) is 3.33. The van der Waals surface area contributed by atoms with Crippen molar-refractivity contribution in [3.05, 3.63) is 30.0 Å². The fourth-order valence-corrected chi connectivity index (χ4v) is 1.44. The van der Waals surface area contributed by atoms with Gasteiger partial charge in [0.1, 0.15) is 17.1 Å². The number of aryl methyl sites for hydroxylation is 1. The van der Waals surface area contributed by atoms with Gasteiger partial charge in [0.25, 0.3) is 0 Å². The number of furan rings is 1. The van der Waals surface area contributed by atoms with Gasteiger partial charge in [-0.3, -0.25) is 4.79 Å². The molecule has 0 bridgehead atoms. The first-order chi connectivity index (χ1) is 7.15. The number of phenolic OH excluding ortho intramolecular Hbond substituents is 1. The summed E-state index contributed by atoms with van der Waals surface area (Å²) in [6.07, 6.45) is 0.413. The molecule has 2 rings (SSSR count). The van der Waals surface area contributed by atoms with Gasteiger partial charge in [-0.05, 0) is 24.3 Å². The molecule has 0 radical (unpaired) electrons. The lowest BCUT2D eigenvalue weighted by molar-refractivity contribution is -0.137. The standard InChI is InChI=1S/C11H10O4/c12-8-1-3-10-7(5-8)6-9(15-10)2-4-11(13)14/h1,3,5-6,12H,2,4H2,(H,13,14). The van der Waals surface area contributed by atoms with Crippen molar-refractivity contribution in [2.75, 3.05) is 0 Å². The molecular formula is C11H10O4. The molecule has 0 fully saturated rings. The Morgan fingerprint density at radius 2 is 2.13 bits per heavy atom. The lowest BCUT2D eigenvalue weighted by atomic mass is 10.2. The number of aliphatic carboxylic acids is 1. The van der Waals surface area contributed by atoms with Crippen molar-refractivity contribution in [3.63, 3.8) is 0 Å². The zero-order valence-electron chi connectivity index (χ0n) is 7.93. The van der Waals surface area contributed by atoms with Crippen LogP contribution in [0.5, 0.6) is 5.75 Å². The van der Waals surface area contributed by atoms with Gasteiger partial charge in [-0.2, -0.15) is 0 Å². The third-order valence-electron chi connectivity index (χ3n) is 2.14. The van der Waals surface area contributed by atoms with Gasteiger partial charge in [0.2, 0.25) is 0 Å². The minimum atomic E-state index is -0.849. The second-order valence-corrected chi connectivity index (χ2v) is 3.33. The van der Waals surface area contributed by atoms with Crippen molar-refractivity contribution in [2.45, 2.75) is 12.8 Å². The van der Waals surface area contributed by atoms with Crippen LogP contribution in [0.3, 0.4) is 0 Å². The summed E-state index contributed by atoms with van der Waals surface area (Å²) in [4.78, 5) is 10.4. The highest BCUT2D eigenvalue weighted by atomic mass is 16.4. The number of phenols is 1. The van der Waals surface area contributed by atoms with Gasteiger partial charge in [-0.15, -0.1) is 0 Å². The lowest BCUT2D eigenvalue weighted by Crippen LogP contribution is -1.95. The average molecular weight is 206 g/mol. The Balaban J connectivity index is 2.27. The van der Waals surface area contributed by atoms with Crippen molar-refractivity contribution in [3.8, 4) is 5.75 Å². The van der Waals surface area contributed by atoms with Crippen molar-refractivity contribution >= 4 is 16.9 Å². The van der Waals surface area contributed by atoms with Crippen LogP contribution in [0, 0.1) is 0 Å². The van der Waals surface area contributed by atoms with Gasteiger partial charge >= 0.3 is 5.97 Å². The van der Waals surface area contributed by atoms with Crippen LogP contribution >= 0.6 is 0 Å². The number of rotatable bonds is 3. The number of fused-ring (bicyclic) bond motifs is 1. The van der Waals surface area contributed by atoms with Gasteiger partial charge in [0.05, 0.1) is 6.42 Å². The molecule has 1 heterocycles. The highest BCUT2D eigenvalue weighted by molar-refractivity contribution is 5.79. The minimum absolute atomic E-state index is 0.0474. The van der Waals surface area contributed by atoms with E-state index in [1.807, 2.05) is 0 Å². The number of aromatic hydroxyl groups is 1. The number of carboxylic acids is 1. The molecule has 0 aliphatic heterocycles. The molecule has 0 saturated carbocycles. The van der Waals surface area contributed by atoms with Crippen molar-refractivity contribution in [1.29, 1.82) is 0 Å². The average Bonchev–Trinajstić information content (AvgIpc) is 2.56. The molecule has 2 aromatic rings. The van der Waals surface area contributed by atoms with Gasteiger partial charge in [-0.25, -0.2) is 0 Å². The van der Waals surface area contributed by atoms with Crippen LogP contribution in [0.2, 0.25) is 0 Å². The van der Waals surface area contributed by atoms with Gasteiger partial charge in [0, 0.05) is 11.8 Å². The minimum Gasteiger partial charge on any atom is -0.508 e. The summed E-state index contributed by atoms with van der Waals surface area (Å²) >= 11 is 0. The zero-order chi connectivity index (χ0) is 10.8. The van der Waals surface area contributed by atoms with E-state index in [9.17, 15) is 9.90 Å². The van der Waals surface area contributed by atoms with Crippen LogP contribution in [0.4, 0.5) is 0 Å². The van der Waals surface area contributed by atoms with Crippen LogP contribution in [0.25, 0.3) is 11.0 Å². The van der Waals surface area contributed by atoms with Crippen LogP contribution in [0.15, 0.2) is 28.7 Å². The van der Waals surface area contributed by atoms with Gasteiger partial charge in [-0.1, -0.05) is 0 Å². The summed E-state index contributed by atoms with van der Waals surface area (Å²) in [6, 6.07) is 6.53. The fourth-order valence-electron chi connectivity index (χ4n) is 1.44. The summed E-state index contributed by atoms with van der Waals surface area (Å²) < 4.78 is 5.40. The van der Waals surface area contributed by atoms with Crippen molar-refractivity contribution < 1.29 is 19.4 Å². The summed E-state index contributed by atoms with van der Waals surface area (Å²) in [5, 5.41) is 18.5. The third kappa shape index (κ3) is 2.10. The molecule has 0 aliphatic carbocycles. The maximum absolute atomic E-state index is 10.4. The zero-order valence-corrected chi connectivity index (χ0v) is 7.93. The summed E-state index contributed by atoms with van der Waals surface area (Å²) in [6.45, 7) is 0. The molecule has 0 aliphatic rings. The number of hydrogen-bond donors (Lipinski definition) is 2. The Morgan fingerprint density at radius 3 is 2.87 bits per heavy atom. The van der Waals surface area contributed by atoms with E-state index in [2.05, 4.69) is 0 Å². The Hall–Kier alpha value is -1.97. The molecule has 0 unspecified atom stereocenters. The summed E-state index contributed by atoms with van der Waals surface area (Å²) in [5.41, 5.74) is 0.660. The van der Waals surface area contributed by atoms with E-state index in [1.54, 1.807) is 18.2 Å². The van der Waals surface area contributed by atoms with E-state index >= 15 is 0 Å². The SMILES string of the molecule is O=C(O)CCc1cc2cc(O)ccc2o1. The highest BCUT2D eigenvalue weighted by Gasteiger charge is 2.06. The van der Waals surface area contributed by atoms with E-state index in [1.165, 1.54) is 6.07 Å². The number of benzene rings is 1. The van der Waals surface area contributed by atoms with E-state index in [0.29, 0.717) is 17.8 Å². The highest BCUT2D eigenvalue weighted by Crippen LogP contribution is 2.24. The third-order valence-corrected chi connectivity index (χ3v) is 2.14. The maximum atomic E-state index is 10.4. The predicted octanol–water partition coefficient (Wildman–Crippen LogP) is 2.16. The Kier molecular flexibility index (Phi) is 2.33. The van der Waals surface area contributed by atoms with E-state index < -0.39 is 5.97 Å². The molecule has 0 atom stereocenters. The first-order valence-electron chi connectivity index (χ1n) is 4.58. The molecule has 4 nitrogen and oxygen atoms in total. The van der Waals surface area contributed by atoms with Crippen LogP contribution < -0.4 is 0 Å². The van der Waals surface area contributed by atoms with Gasteiger partial charge in [0.15, 0.2) is 0 Å². The largest absolute Gasteiger partial charge is 0.508 e. The first kappa shape index (κ1) is 9.58. The molecular weight excluding hydrogens is 196 g/mol. The molecule has 78 valence electrons. The quantitative estimate of drug-likeness (QED) is 0.807. The molecule has 4 heteroatoms. The Morgan fingerprint density at radius 1 is 1.33 bits per heavy atom. The second kappa shape index (κ2) is 3.65. The molecule has 0 amide bonds. The van der Waals surface area contributed by atoms with E-state index in [-0.39, 0.29) is 12.2 Å². The number of carboxylic acid groups (broad SMARTS) is 1. The van der Waals surface area contributed by atoms with Gasteiger partial charge < -0.3 is 14.6 Å². The van der Waals surface area contributed by atoms with E-state index in [0.717, 1.165) is 5.39 Å². The summed E-state index contributed by atoms with van der Waals surface area (Å²) in [7, 11) is 0. The number of carbonyl (C=O) groups is 1. The molecule has 0 spiro atoms. The van der Waals surface area contributed by atoms with Crippen LogP contribution in [-0.2, 0) is 11.2 Å². The maximum Gasteiger partial charge on any atom is 0.303 e. The topological polar surface area (TPSA) is 70.7 Å². The monoisotopic (exact) mass is 206 g/mol. The molecule has 0 saturated heterocycles. The molecule has 2 N–H and O–H groups in total. The number of hydrogen-bond acceptors (Lipinski definition) is 3. The molecule has 1 aromatic carbocycles. The molecule has 15 heavy (non-hydrogen) atoms. The smallest absolute Gasteiger partial charge is 0.303 e. The molecule has 1 aromatic heterocycles. The summed E-state index contributed by atoms with van der Waals surface area (Å²) in [5.74, 6) is -0.0515. The fraction of sp³-hybridized carbons (Fsp3) is 0.182. The predicted molar refractivity (Wildman–Crippen MR) is 53.8 cm³/mol. The van der Waals surface area contributed by atoms with Crippen molar-refractivity contribution in [2.24, 2.45) is 0 Å². The van der Waals surface area contributed by atoms with Crippen molar-refractivity contribution in [1.82, 2.24) is 0 Å². The van der Waals surface area contributed by atoms with E-state index in [4.69, 9.17) is 9.52 Å². The van der Waals surface area contributed by atoms with Crippen LogP contribution in [-0.4, -0.2) is 16.2 Å². The lowest BCUT2D eigenvalue weighted by Gasteiger charge is -1.90. The Bertz CT molecular complexity index is 498.